The highest BCUT2D eigenvalue weighted by molar-refractivity contribution is 6.08. The second-order valence-corrected chi connectivity index (χ2v) is 10.3. The van der Waals surface area contributed by atoms with Crippen molar-refractivity contribution < 1.29 is 14.3 Å². The van der Waals surface area contributed by atoms with E-state index < -0.39 is 0 Å². The molecule has 0 spiro atoms. The number of hydrogen-bond acceptors (Lipinski definition) is 5. The smallest absolute Gasteiger partial charge is 0.256 e. The van der Waals surface area contributed by atoms with Gasteiger partial charge in [0.1, 0.15) is 12.0 Å². The topological polar surface area (TPSA) is 96.4 Å². The molecule has 1 aromatic carbocycles. The van der Waals surface area contributed by atoms with Crippen molar-refractivity contribution in [2.45, 2.75) is 46.2 Å². The van der Waals surface area contributed by atoms with Crippen LogP contribution in [-0.4, -0.2) is 53.4 Å². The Hall–Kier alpha value is -3.91. The largest absolute Gasteiger partial charge is 0.496 e. The Kier molecular flexibility index (Phi) is 8.86. The van der Waals surface area contributed by atoms with Crippen LogP contribution in [0.4, 0.5) is 0 Å². The lowest BCUT2D eigenvalue weighted by Crippen LogP contribution is -2.37. The molecular weight excluding hydrogens is 492 g/mol. The number of nitrogens with one attached hydrogen (secondary N) is 2. The number of aldehydes is 1. The Labute approximate surface area is 229 Å². The molecule has 1 aliphatic rings. The van der Waals surface area contributed by atoms with Crippen molar-refractivity contribution in [2.24, 2.45) is 5.92 Å². The number of fused-ring (bicyclic) bond motifs is 1. The number of piperidine rings is 1. The molecule has 2 N–H and O–H groups in total. The quantitative estimate of drug-likeness (QED) is 0.229. The van der Waals surface area contributed by atoms with E-state index in [4.69, 9.17) is 4.74 Å². The van der Waals surface area contributed by atoms with Gasteiger partial charge < -0.3 is 19.6 Å². The van der Waals surface area contributed by atoms with E-state index in [9.17, 15) is 14.4 Å². The number of aromatic amines is 1. The molecule has 1 fully saturated rings. The summed E-state index contributed by atoms with van der Waals surface area (Å²) in [7, 11) is 1.52. The van der Waals surface area contributed by atoms with Crippen LogP contribution in [0, 0.1) is 19.8 Å². The molecule has 0 saturated carbocycles. The number of likely N-dealkylation sites (tertiary alicyclic amines) is 1. The standard InChI is InChI=1S/C31H38N4O4/c1-6-23(13-16-36)19-34-14-11-24(12-15-34)21(3)35-22(4)29(25-9-7-8-10-27(25)35)31(38)32-18-26-28(39-5)17-20(2)33-30(26)37/h6-10,13,16-17,21,24H,1,11-12,14-15,18-19H2,2-5H3,(H,32,38)(H,33,37)/b23-13+/t21-/m1/s1. The molecule has 2 aromatic heterocycles. The van der Waals surface area contributed by atoms with Crippen molar-refractivity contribution in [1.82, 2.24) is 19.8 Å². The molecule has 1 amide bonds. The van der Waals surface area contributed by atoms with Crippen molar-refractivity contribution in [1.29, 1.82) is 0 Å². The van der Waals surface area contributed by atoms with E-state index in [1.807, 2.05) is 25.1 Å². The summed E-state index contributed by atoms with van der Waals surface area (Å²) in [5.41, 5.74) is 4.33. The third-order valence-corrected chi connectivity index (χ3v) is 7.93. The van der Waals surface area contributed by atoms with Gasteiger partial charge in [-0.25, -0.2) is 0 Å². The molecule has 8 nitrogen and oxygen atoms in total. The van der Waals surface area contributed by atoms with Crippen molar-refractivity contribution >= 4 is 23.1 Å². The van der Waals surface area contributed by atoms with E-state index in [0.717, 1.165) is 60.9 Å². The lowest BCUT2D eigenvalue weighted by atomic mass is 9.89. The van der Waals surface area contributed by atoms with Gasteiger partial charge >= 0.3 is 0 Å². The highest BCUT2D eigenvalue weighted by atomic mass is 16.5. The summed E-state index contributed by atoms with van der Waals surface area (Å²) < 4.78 is 7.68. The molecule has 39 heavy (non-hydrogen) atoms. The number of hydrogen-bond donors (Lipinski definition) is 2. The second-order valence-electron chi connectivity index (χ2n) is 10.3. The molecule has 0 radical (unpaired) electrons. The number of aryl methyl sites for hydroxylation is 1. The van der Waals surface area contributed by atoms with Crippen LogP contribution < -0.4 is 15.6 Å². The van der Waals surface area contributed by atoms with Crippen molar-refractivity contribution in [2.75, 3.05) is 26.7 Å². The Morgan fingerprint density at radius 2 is 1.97 bits per heavy atom. The molecule has 8 heteroatoms. The molecule has 206 valence electrons. The summed E-state index contributed by atoms with van der Waals surface area (Å²) in [5.74, 6) is 0.687. The monoisotopic (exact) mass is 530 g/mol. The highest BCUT2D eigenvalue weighted by Gasteiger charge is 2.29. The normalized spacial score (nSPS) is 15.7. The lowest BCUT2D eigenvalue weighted by molar-refractivity contribution is -0.104. The van der Waals surface area contributed by atoms with E-state index in [1.54, 1.807) is 25.1 Å². The first-order chi connectivity index (χ1) is 18.8. The average Bonchev–Trinajstić information content (AvgIpc) is 3.23. The minimum absolute atomic E-state index is 0.0653. The number of benzene rings is 1. The number of nitrogens with zero attached hydrogens (tertiary/aromatic N) is 2. The van der Waals surface area contributed by atoms with Gasteiger partial charge in [0.15, 0.2) is 0 Å². The molecule has 1 atom stereocenters. The van der Waals surface area contributed by atoms with Gasteiger partial charge in [-0.15, -0.1) is 0 Å². The van der Waals surface area contributed by atoms with Crippen LogP contribution in [-0.2, 0) is 11.3 Å². The first kappa shape index (κ1) is 28.1. The number of amides is 1. The second kappa shape index (κ2) is 12.3. The maximum Gasteiger partial charge on any atom is 0.256 e. The Balaban J connectivity index is 1.55. The number of ether oxygens (including phenoxy) is 1. The van der Waals surface area contributed by atoms with Gasteiger partial charge in [0.05, 0.1) is 24.8 Å². The minimum Gasteiger partial charge on any atom is -0.496 e. The number of carbonyl (C=O) groups is 2. The van der Waals surface area contributed by atoms with E-state index in [1.165, 1.54) is 7.11 Å². The fraction of sp³-hybridized carbons (Fsp3) is 0.387. The Morgan fingerprint density at radius 3 is 2.64 bits per heavy atom. The Bertz CT molecular complexity index is 1460. The van der Waals surface area contributed by atoms with E-state index in [0.29, 0.717) is 28.5 Å². The van der Waals surface area contributed by atoms with Crippen LogP contribution in [0.25, 0.3) is 10.9 Å². The van der Waals surface area contributed by atoms with E-state index in [-0.39, 0.29) is 24.1 Å². The number of methoxy groups -OCH3 is 1. The molecule has 4 rings (SSSR count). The number of H-pyrrole nitrogens is 1. The van der Waals surface area contributed by atoms with Crippen LogP contribution in [0.15, 0.2) is 59.4 Å². The molecule has 0 unspecified atom stereocenters. The van der Waals surface area contributed by atoms with Crippen LogP contribution in [0.1, 0.15) is 53.1 Å². The van der Waals surface area contributed by atoms with E-state index >= 15 is 0 Å². The maximum absolute atomic E-state index is 13.5. The number of aromatic nitrogens is 2. The highest BCUT2D eigenvalue weighted by Crippen LogP contribution is 2.36. The zero-order valence-corrected chi connectivity index (χ0v) is 23.3. The Morgan fingerprint density at radius 1 is 1.26 bits per heavy atom. The first-order valence-corrected chi connectivity index (χ1v) is 13.4. The number of pyridine rings is 1. The molecular formula is C31H38N4O4. The number of rotatable bonds is 10. The third kappa shape index (κ3) is 5.91. The van der Waals surface area contributed by atoms with Gasteiger partial charge in [0, 0.05) is 34.9 Å². The van der Waals surface area contributed by atoms with Crippen molar-refractivity contribution in [3.63, 3.8) is 0 Å². The fourth-order valence-electron chi connectivity index (χ4n) is 5.83. The maximum atomic E-state index is 13.5. The summed E-state index contributed by atoms with van der Waals surface area (Å²) in [6.07, 6.45) is 6.19. The lowest BCUT2D eigenvalue weighted by Gasteiger charge is -2.36. The van der Waals surface area contributed by atoms with Crippen molar-refractivity contribution in [3.05, 3.63) is 87.5 Å². The average molecular weight is 531 g/mol. The van der Waals surface area contributed by atoms with Crippen LogP contribution in [0.5, 0.6) is 5.75 Å². The minimum atomic E-state index is -0.270. The summed E-state index contributed by atoms with van der Waals surface area (Å²) in [4.78, 5) is 42.1. The molecule has 3 heterocycles. The molecule has 1 saturated heterocycles. The van der Waals surface area contributed by atoms with Gasteiger partial charge in [0.25, 0.3) is 11.5 Å². The molecule has 3 aromatic rings. The predicted octanol–water partition coefficient (Wildman–Crippen LogP) is 4.47. The number of para-hydroxylation sites is 1. The fourth-order valence-corrected chi connectivity index (χ4v) is 5.83. The predicted molar refractivity (Wildman–Crippen MR) is 154 cm³/mol. The molecule has 0 bridgehead atoms. The SMILES string of the molecule is C=C/C(=C\C=O)CN1CCC([C@@H](C)n2c(C)c(C(=O)NCc3c(OC)cc(C)[nH]c3=O)c3ccccc32)CC1. The van der Waals surface area contributed by atoms with Gasteiger partial charge in [0.2, 0.25) is 0 Å². The zero-order valence-electron chi connectivity index (χ0n) is 23.3. The summed E-state index contributed by atoms with van der Waals surface area (Å²) in [5, 5.41) is 3.86. The number of allylic oxidation sites excluding steroid dienone is 1. The van der Waals surface area contributed by atoms with E-state index in [2.05, 4.69) is 39.3 Å². The van der Waals surface area contributed by atoms with Crippen molar-refractivity contribution in [3.8, 4) is 5.75 Å². The summed E-state index contributed by atoms with van der Waals surface area (Å²) >= 11 is 0. The third-order valence-electron chi connectivity index (χ3n) is 7.93. The van der Waals surface area contributed by atoms with Gasteiger partial charge in [-0.05, 0) is 76.4 Å². The van der Waals surface area contributed by atoms with Crippen LogP contribution >= 0.6 is 0 Å². The van der Waals surface area contributed by atoms with Crippen LogP contribution in [0.2, 0.25) is 0 Å². The zero-order chi connectivity index (χ0) is 28.1. The number of carbonyl (C=O) groups excluding carboxylic acids is 2. The van der Waals surface area contributed by atoms with Gasteiger partial charge in [-0.2, -0.15) is 0 Å². The molecule has 1 aliphatic heterocycles. The molecule has 0 aliphatic carbocycles. The van der Waals surface area contributed by atoms with Gasteiger partial charge in [-0.1, -0.05) is 30.9 Å². The summed E-state index contributed by atoms with van der Waals surface area (Å²) in [6.45, 7) is 12.5. The first-order valence-electron chi connectivity index (χ1n) is 13.4. The van der Waals surface area contributed by atoms with Gasteiger partial charge in [-0.3, -0.25) is 19.3 Å². The van der Waals surface area contributed by atoms with Crippen LogP contribution in [0.3, 0.4) is 0 Å². The summed E-state index contributed by atoms with van der Waals surface area (Å²) in [6, 6.07) is 9.95.